The first-order chi connectivity index (χ1) is 5.74. The molecule has 0 aliphatic heterocycles. The molecule has 0 saturated carbocycles. The number of aryl methyl sites for hydroxylation is 1. The van der Waals surface area contributed by atoms with Gasteiger partial charge in [-0.15, -0.1) is 11.6 Å². The van der Waals surface area contributed by atoms with E-state index in [-0.39, 0.29) is 0 Å². The number of allylic oxidation sites excluding steroid dienone is 1. The number of nitrogens with two attached hydrogens (primary N) is 1. The average Bonchev–Trinajstić information content (AvgIpc) is 2.03. The largest absolute Gasteiger partial charge is 0.399 e. The zero-order valence-electron chi connectivity index (χ0n) is 7.05. The fraction of sp³-hybridized carbons (Fsp3) is 0.200. The maximum absolute atomic E-state index is 5.61. The van der Waals surface area contributed by atoms with E-state index in [1.165, 1.54) is 11.1 Å². The summed E-state index contributed by atoms with van der Waals surface area (Å²) in [6, 6.07) is 5.84. The van der Waals surface area contributed by atoms with Gasteiger partial charge in [0.1, 0.15) is 0 Å². The normalized spacial score (nSPS) is 10.8. The molecule has 0 heterocycles. The molecule has 0 amide bonds. The Morgan fingerprint density at radius 2 is 2.25 bits per heavy atom. The van der Waals surface area contributed by atoms with Gasteiger partial charge in [0.25, 0.3) is 0 Å². The summed E-state index contributed by atoms with van der Waals surface area (Å²) < 4.78 is 0. The summed E-state index contributed by atoms with van der Waals surface area (Å²) in [7, 11) is 0. The van der Waals surface area contributed by atoms with Crippen molar-refractivity contribution in [3.8, 4) is 0 Å². The summed E-state index contributed by atoms with van der Waals surface area (Å²) in [5.74, 6) is 0.545. The van der Waals surface area contributed by atoms with Crippen molar-refractivity contribution >= 4 is 23.4 Å². The van der Waals surface area contributed by atoms with E-state index in [0.29, 0.717) is 5.88 Å². The van der Waals surface area contributed by atoms with Gasteiger partial charge in [0.15, 0.2) is 0 Å². The second-order valence-electron chi connectivity index (χ2n) is 2.67. The van der Waals surface area contributed by atoms with Crippen molar-refractivity contribution in [3.05, 3.63) is 35.4 Å². The van der Waals surface area contributed by atoms with E-state index in [2.05, 4.69) is 0 Å². The average molecular weight is 182 g/mol. The third-order valence-electron chi connectivity index (χ3n) is 1.68. The van der Waals surface area contributed by atoms with Crippen LogP contribution in [0.25, 0.3) is 6.08 Å². The number of benzene rings is 1. The van der Waals surface area contributed by atoms with Gasteiger partial charge in [0.2, 0.25) is 0 Å². The molecule has 1 rings (SSSR count). The second-order valence-corrected chi connectivity index (χ2v) is 2.98. The van der Waals surface area contributed by atoms with Crippen molar-refractivity contribution in [1.82, 2.24) is 0 Å². The van der Waals surface area contributed by atoms with Crippen LogP contribution < -0.4 is 5.73 Å². The number of hydrogen-bond acceptors (Lipinski definition) is 1. The lowest BCUT2D eigenvalue weighted by atomic mass is 10.1. The molecule has 0 aromatic heterocycles. The molecule has 0 fully saturated rings. The van der Waals surface area contributed by atoms with Gasteiger partial charge in [0.05, 0.1) is 0 Å². The van der Waals surface area contributed by atoms with E-state index in [9.17, 15) is 0 Å². The Kier molecular flexibility index (Phi) is 3.18. The molecule has 0 aliphatic rings. The number of rotatable bonds is 2. The molecule has 2 heteroatoms. The minimum Gasteiger partial charge on any atom is -0.399 e. The number of hydrogen-bond donors (Lipinski definition) is 1. The SMILES string of the molecule is Cc1cc(N)ccc1C=CCCl. The van der Waals surface area contributed by atoms with Gasteiger partial charge in [-0.2, -0.15) is 0 Å². The molecular weight excluding hydrogens is 170 g/mol. The van der Waals surface area contributed by atoms with Crippen molar-refractivity contribution in [3.63, 3.8) is 0 Å². The standard InChI is InChI=1S/C10H12ClN/c1-8-7-10(12)5-4-9(8)3-2-6-11/h2-5,7H,6,12H2,1H3. The first-order valence-electron chi connectivity index (χ1n) is 3.82. The van der Waals surface area contributed by atoms with Gasteiger partial charge in [-0.3, -0.25) is 0 Å². The Bertz CT molecular complexity index is 292. The summed E-state index contributed by atoms with van der Waals surface area (Å²) in [5.41, 5.74) is 8.76. The highest BCUT2D eigenvalue weighted by atomic mass is 35.5. The maximum atomic E-state index is 5.61. The van der Waals surface area contributed by atoms with E-state index in [0.717, 1.165) is 5.69 Å². The second kappa shape index (κ2) is 4.17. The Morgan fingerprint density at radius 1 is 1.50 bits per heavy atom. The Labute approximate surface area is 77.8 Å². The van der Waals surface area contributed by atoms with E-state index < -0.39 is 0 Å². The monoisotopic (exact) mass is 181 g/mol. The summed E-state index contributed by atoms with van der Waals surface area (Å²) in [6.45, 7) is 2.03. The Hall–Kier alpha value is -0.950. The molecule has 0 aliphatic carbocycles. The molecule has 0 atom stereocenters. The third-order valence-corrected chi connectivity index (χ3v) is 1.86. The molecule has 1 nitrogen and oxygen atoms in total. The smallest absolute Gasteiger partial charge is 0.0407 e. The fourth-order valence-corrected chi connectivity index (χ4v) is 1.15. The fourth-order valence-electron chi connectivity index (χ4n) is 1.06. The lowest BCUT2D eigenvalue weighted by Gasteiger charge is -2.00. The van der Waals surface area contributed by atoms with Gasteiger partial charge in [-0.05, 0) is 30.2 Å². The van der Waals surface area contributed by atoms with Crippen LogP contribution in [0.3, 0.4) is 0 Å². The van der Waals surface area contributed by atoms with E-state index in [4.69, 9.17) is 17.3 Å². The van der Waals surface area contributed by atoms with Gasteiger partial charge >= 0.3 is 0 Å². The topological polar surface area (TPSA) is 26.0 Å². The van der Waals surface area contributed by atoms with Crippen LogP contribution >= 0.6 is 11.6 Å². The number of nitrogen functional groups attached to an aromatic ring is 1. The van der Waals surface area contributed by atoms with Crippen LogP contribution in [-0.2, 0) is 0 Å². The number of halogens is 1. The lowest BCUT2D eigenvalue weighted by Crippen LogP contribution is -1.87. The first kappa shape index (κ1) is 9.14. The molecule has 1 aromatic rings. The maximum Gasteiger partial charge on any atom is 0.0407 e. The molecule has 1 aromatic carbocycles. The van der Waals surface area contributed by atoms with Crippen molar-refractivity contribution < 1.29 is 0 Å². The zero-order chi connectivity index (χ0) is 8.97. The highest BCUT2D eigenvalue weighted by Gasteiger charge is 1.93. The zero-order valence-corrected chi connectivity index (χ0v) is 7.81. The van der Waals surface area contributed by atoms with E-state index >= 15 is 0 Å². The Morgan fingerprint density at radius 3 is 2.83 bits per heavy atom. The van der Waals surface area contributed by atoms with Gasteiger partial charge in [-0.25, -0.2) is 0 Å². The number of alkyl halides is 1. The molecule has 0 bridgehead atoms. The van der Waals surface area contributed by atoms with Crippen molar-refractivity contribution in [2.75, 3.05) is 11.6 Å². The van der Waals surface area contributed by atoms with Crippen LogP contribution in [0.2, 0.25) is 0 Å². The predicted molar refractivity (Wildman–Crippen MR) is 55.3 cm³/mol. The molecule has 12 heavy (non-hydrogen) atoms. The summed E-state index contributed by atoms with van der Waals surface area (Å²) in [6.07, 6.45) is 3.92. The number of anilines is 1. The molecule has 0 unspecified atom stereocenters. The minimum atomic E-state index is 0.545. The van der Waals surface area contributed by atoms with Crippen LogP contribution in [0.15, 0.2) is 24.3 Å². The van der Waals surface area contributed by atoms with Gasteiger partial charge in [0, 0.05) is 11.6 Å². The van der Waals surface area contributed by atoms with E-state index in [1.807, 2.05) is 37.3 Å². The summed E-state index contributed by atoms with van der Waals surface area (Å²) in [4.78, 5) is 0. The quantitative estimate of drug-likeness (QED) is 0.551. The summed E-state index contributed by atoms with van der Waals surface area (Å²) >= 11 is 5.52. The van der Waals surface area contributed by atoms with Crippen LogP contribution in [0, 0.1) is 6.92 Å². The van der Waals surface area contributed by atoms with Crippen LogP contribution in [-0.4, -0.2) is 5.88 Å². The van der Waals surface area contributed by atoms with Crippen molar-refractivity contribution in [2.24, 2.45) is 0 Å². The molecule has 2 N–H and O–H groups in total. The van der Waals surface area contributed by atoms with Crippen molar-refractivity contribution in [1.29, 1.82) is 0 Å². The van der Waals surface area contributed by atoms with Gasteiger partial charge in [-0.1, -0.05) is 18.2 Å². The molecule has 64 valence electrons. The molecule has 0 spiro atoms. The van der Waals surface area contributed by atoms with Crippen LogP contribution in [0.5, 0.6) is 0 Å². The molecular formula is C10H12ClN. The predicted octanol–water partition coefficient (Wildman–Crippen LogP) is 2.83. The van der Waals surface area contributed by atoms with Crippen LogP contribution in [0.1, 0.15) is 11.1 Å². The molecule has 0 radical (unpaired) electrons. The highest BCUT2D eigenvalue weighted by Crippen LogP contribution is 2.13. The van der Waals surface area contributed by atoms with E-state index in [1.54, 1.807) is 0 Å². The third kappa shape index (κ3) is 2.28. The van der Waals surface area contributed by atoms with Crippen molar-refractivity contribution in [2.45, 2.75) is 6.92 Å². The lowest BCUT2D eigenvalue weighted by molar-refractivity contribution is 1.44. The van der Waals surface area contributed by atoms with Gasteiger partial charge < -0.3 is 5.73 Å². The highest BCUT2D eigenvalue weighted by molar-refractivity contribution is 6.19. The first-order valence-corrected chi connectivity index (χ1v) is 4.36. The minimum absolute atomic E-state index is 0.545. The molecule has 0 saturated heterocycles. The van der Waals surface area contributed by atoms with Crippen LogP contribution in [0.4, 0.5) is 5.69 Å². The summed E-state index contributed by atoms with van der Waals surface area (Å²) in [5, 5.41) is 0. The Balaban J connectivity index is 2.94.